The third-order valence-electron chi connectivity index (χ3n) is 3.93. The Morgan fingerprint density at radius 3 is 2.35 bits per heavy atom. The molecule has 0 spiro atoms. The minimum absolute atomic E-state index is 0.0231. The zero-order chi connectivity index (χ0) is 16.8. The summed E-state index contributed by atoms with van der Waals surface area (Å²) in [6.07, 6.45) is 0.852. The van der Waals surface area contributed by atoms with Gasteiger partial charge in [-0.2, -0.15) is 0 Å². The first-order valence-electron chi connectivity index (χ1n) is 8.16. The molecule has 1 N–H and O–H groups in total. The molecule has 3 nitrogen and oxygen atoms in total. The Morgan fingerprint density at radius 2 is 1.78 bits per heavy atom. The highest BCUT2D eigenvalue weighted by atomic mass is 16.5. The molecule has 1 amide bonds. The van der Waals surface area contributed by atoms with E-state index in [1.165, 1.54) is 5.56 Å². The van der Waals surface area contributed by atoms with Gasteiger partial charge in [0.2, 0.25) is 0 Å². The topological polar surface area (TPSA) is 38.3 Å². The first-order chi connectivity index (χ1) is 11.0. The summed E-state index contributed by atoms with van der Waals surface area (Å²) in [5, 5.41) is 3.12. The Balaban J connectivity index is 2.13. The number of carbonyl (C=O) groups excluding carboxylic acids is 1. The molecular weight excluding hydrogens is 286 g/mol. The Hall–Kier alpha value is -2.29. The molecule has 2 aromatic rings. The average Bonchev–Trinajstić information content (AvgIpc) is 2.55. The van der Waals surface area contributed by atoms with Crippen molar-refractivity contribution in [3.63, 3.8) is 0 Å². The Labute approximate surface area is 138 Å². The van der Waals surface area contributed by atoms with Crippen molar-refractivity contribution in [3.05, 3.63) is 64.7 Å². The van der Waals surface area contributed by atoms with Gasteiger partial charge in [-0.3, -0.25) is 4.79 Å². The van der Waals surface area contributed by atoms with E-state index in [2.05, 4.69) is 43.4 Å². The second-order valence-corrected chi connectivity index (χ2v) is 5.76. The number of hydrogen-bond donors (Lipinski definition) is 1. The lowest BCUT2D eigenvalue weighted by atomic mass is 10.0. The van der Waals surface area contributed by atoms with Crippen molar-refractivity contribution in [2.75, 3.05) is 6.61 Å². The fourth-order valence-electron chi connectivity index (χ4n) is 2.57. The van der Waals surface area contributed by atoms with Crippen molar-refractivity contribution >= 4 is 5.91 Å². The van der Waals surface area contributed by atoms with Gasteiger partial charge in [-0.25, -0.2) is 0 Å². The molecule has 23 heavy (non-hydrogen) atoms. The molecule has 2 aromatic carbocycles. The quantitative estimate of drug-likeness (QED) is 0.847. The molecule has 1 unspecified atom stereocenters. The van der Waals surface area contributed by atoms with Crippen LogP contribution in [0.15, 0.2) is 42.5 Å². The highest BCUT2D eigenvalue weighted by molar-refractivity contribution is 5.94. The minimum Gasteiger partial charge on any atom is -0.494 e. The first-order valence-corrected chi connectivity index (χ1v) is 8.16. The van der Waals surface area contributed by atoms with Crippen molar-refractivity contribution in [2.24, 2.45) is 0 Å². The molecule has 0 heterocycles. The zero-order valence-electron chi connectivity index (χ0n) is 14.3. The smallest absolute Gasteiger partial charge is 0.251 e. The van der Waals surface area contributed by atoms with Gasteiger partial charge in [0.05, 0.1) is 12.6 Å². The predicted molar refractivity (Wildman–Crippen MR) is 94.0 cm³/mol. The van der Waals surface area contributed by atoms with Crippen molar-refractivity contribution in [3.8, 4) is 5.75 Å². The average molecular weight is 311 g/mol. The van der Waals surface area contributed by atoms with Crippen LogP contribution >= 0.6 is 0 Å². The van der Waals surface area contributed by atoms with Crippen LogP contribution < -0.4 is 10.1 Å². The summed E-state index contributed by atoms with van der Waals surface area (Å²) >= 11 is 0. The van der Waals surface area contributed by atoms with Gasteiger partial charge >= 0.3 is 0 Å². The first kappa shape index (κ1) is 17.1. The largest absolute Gasteiger partial charge is 0.494 e. The van der Waals surface area contributed by atoms with E-state index in [1.807, 2.05) is 32.0 Å². The molecule has 0 aliphatic carbocycles. The van der Waals surface area contributed by atoms with Crippen LogP contribution in [0.25, 0.3) is 0 Å². The molecule has 0 radical (unpaired) electrons. The second kappa shape index (κ2) is 7.82. The summed E-state index contributed by atoms with van der Waals surface area (Å²) in [6.45, 7) is 8.67. The second-order valence-electron chi connectivity index (χ2n) is 5.76. The molecule has 3 heteroatoms. The monoisotopic (exact) mass is 311 g/mol. The van der Waals surface area contributed by atoms with Gasteiger partial charge in [0.25, 0.3) is 5.91 Å². The standard InChI is InChI=1S/C20H25NO2/c1-5-18(16-9-7-14(3)8-10-16)21-20(22)17-11-12-19(23-6-2)15(4)13-17/h7-13,18H,5-6H2,1-4H3,(H,21,22). The van der Waals surface area contributed by atoms with Crippen LogP contribution in [0, 0.1) is 13.8 Å². The highest BCUT2D eigenvalue weighted by Gasteiger charge is 2.15. The minimum atomic E-state index is -0.0522. The maximum atomic E-state index is 12.5. The van der Waals surface area contributed by atoms with Crippen LogP contribution in [0.4, 0.5) is 0 Å². The Bertz CT molecular complexity index is 662. The summed E-state index contributed by atoms with van der Waals surface area (Å²) in [4.78, 5) is 12.5. The summed E-state index contributed by atoms with van der Waals surface area (Å²) in [7, 11) is 0. The van der Waals surface area contributed by atoms with Crippen molar-refractivity contribution < 1.29 is 9.53 Å². The SMILES string of the molecule is CCOc1ccc(C(=O)NC(CC)c2ccc(C)cc2)cc1C. The molecule has 0 saturated heterocycles. The van der Waals surface area contributed by atoms with E-state index in [-0.39, 0.29) is 11.9 Å². The fraction of sp³-hybridized carbons (Fsp3) is 0.350. The highest BCUT2D eigenvalue weighted by Crippen LogP contribution is 2.21. The van der Waals surface area contributed by atoms with E-state index in [0.29, 0.717) is 12.2 Å². The van der Waals surface area contributed by atoms with Crippen LogP contribution in [-0.4, -0.2) is 12.5 Å². The number of rotatable bonds is 6. The predicted octanol–water partition coefficient (Wildman–Crippen LogP) is 4.58. The van der Waals surface area contributed by atoms with Crippen LogP contribution in [0.5, 0.6) is 5.75 Å². The van der Waals surface area contributed by atoms with E-state index in [9.17, 15) is 4.79 Å². The lowest BCUT2D eigenvalue weighted by Gasteiger charge is -2.18. The summed E-state index contributed by atoms with van der Waals surface area (Å²) in [5.74, 6) is 0.776. The fourth-order valence-corrected chi connectivity index (χ4v) is 2.57. The molecule has 0 fully saturated rings. The van der Waals surface area contributed by atoms with Crippen LogP contribution in [0.2, 0.25) is 0 Å². The van der Waals surface area contributed by atoms with Gasteiger partial charge in [0.15, 0.2) is 0 Å². The number of benzene rings is 2. The van der Waals surface area contributed by atoms with Crippen LogP contribution in [0.3, 0.4) is 0 Å². The van der Waals surface area contributed by atoms with Gasteiger partial charge in [0, 0.05) is 5.56 Å². The number of hydrogen-bond acceptors (Lipinski definition) is 2. The van der Waals surface area contributed by atoms with Gasteiger partial charge in [-0.1, -0.05) is 36.8 Å². The summed E-state index contributed by atoms with van der Waals surface area (Å²) in [5.41, 5.74) is 3.99. The number of amides is 1. The molecule has 0 bridgehead atoms. The van der Waals surface area contributed by atoms with E-state index in [4.69, 9.17) is 4.74 Å². The number of carbonyl (C=O) groups is 1. The third-order valence-corrected chi connectivity index (χ3v) is 3.93. The van der Waals surface area contributed by atoms with E-state index >= 15 is 0 Å². The van der Waals surface area contributed by atoms with E-state index in [1.54, 1.807) is 0 Å². The molecule has 2 rings (SSSR count). The molecule has 122 valence electrons. The van der Waals surface area contributed by atoms with E-state index in [0.717, 1.165) is 23.3 Å². The van der Waals surface area contributed by atoms with Crippen LogP contribution in [-0.2, 0) is 0 Å². The maximum absolute atomic E-state index is 12.5. The van der Waals surface area contributed by atoms with Crippen molar-refractivity contribution in [1.82, 2.24) is 5.32 Å². The summed E-state index contributed by atoms with van der Waals surface area (Å²) in [6, 6.07) is 13.9. The maximum Gasteiger partial charge on any atom is 0.251 e. The third kappa shape index (κ3) is 4.35. The summed E-state index contributed by atoms with van der Waals surface area (Å²) < 4.78 is 5.52. The van der Waals surface area contributed by atoms with Crippen molar-refractivity contribution in [1.29, 1.82) is 0 Å². The van der Waals surface area contributed by atoms with Crippen molar-refractivity contribution in [2.45, 2.75) is 40.2 Å². The van der Waals surface area contributed by atoms with Crippen LogP contribution in [0.1, 0.15) is 53.4 Å². The number of nitrogens with one attached hydrogen (secondary N) is 1. The molecule has 0 aliphatic rings. The van der Waals surface area contributed by atoms with Gasteiger partial charge in [0.1, 0.15) is 5.75 Å². The normalized spacial score (nSPS) is 11.8. The van der Waals surface area contributed by atoms with Gasteiger partial charge in [-0.15, -0.1) is 0 Å². The molecule has 0 saturated carbocycles. The lowest BCUT2D eigenvalue weighted by Crippen LogP contribution is -2.28. The lowest BCUT2D eigenvalue weighted by molar-refractivity contribution is 0.0935. The number of aryl methyl sites for hydroxylation is 2. The van der Waals surface area contributed by atoms with E-state index < -0.39 is 0 Å². The molecule has 0 aromatic heterocycles. The molecular formula is C20H25NO2. The van der Waals surface area contributed by atoms with Gasteiger partial charge < -0.3 is 10.1 Å². The molecule has 0 aliphatic heterocycles. The Morgan fingerprint density at radius 1 is 1.09 bits per heavy atom. The van der Waals surface area contributed by atoms with Gasteiger partial charge in [-0.05, 0) is 56.5 Å². The molecule has 1 atom stereocenters. The number of ether oxygens (including phenoxy) is 1. The Kier molecular flexibility index (Phi) is 5.80. The zero-order valence-corrected chi connectivity index (χ0v) is 14.3.